The molecule has 0 spiro atoms. The summed E-state index contributed by atoms with van der Waals surface area (Å²) in [7, 11) is 0. The molecule has 5 nitrogen and oxygen atoms in total. The van der Waals surface area contributed by atoms with Crippen molar-refractivity contribution in [1.82, 2.24) is 14.5 Å². The molecular formula is C23H27N5. The molecule has 0 amide bonds. The molecule has 3 heterocycles. The van der Waals surface area contributed by atoms with Gasteiger partial charge >= 0.3 is 0 Å². The summed E-state index contributed by atoms with van der Waals surface area (Å²) in [6, 6.07) is 8.15. The first kappa shape index (κ1) is 19.7. The van der Waals surface area contributed by atoms with E-state index in [-0.39, 0.29) is 5.84 Å². The second-order valence-corrected chi connectivity index (χ2v) is 7.60. The minimum Gasteiger partial charge on any atom is -0.297 e. The van der Waals surface area contributed by atoms with Crippen LogP contribution in [0.5, 0.6) is 0 Å². The summed E-state index contributed by atoms with van der Waals surface area (Å²) < 4.78 is 2.17. The van der Waals surface area contributed by atoms with Crippen molar-refractivity contribution >= 4 is 28.7 Å². The van der Waals surface area contributed by atoms with Crippen molar-refractivity contribution in [2.24, 2.45) is 10.9 Å². The van der Waals surface area contributed by atoms with Crippen LogP contribution in [-0.2, 0) is 6.42 Å². The van der Waals surface area contributed by atoms with E-state index in [1.165, 1.54) is 5.69 Å². The number of aliphatic imine (C=N–C) groups is 1. The van der Waals surface area contributed by atoms with Crippen molar-refractivity contribution in [1.29, 1.82) is 5.41 Å². The van der Waals surface area contributed by atoms with Gasteiger partial charge in [-0.15, -0.1) is 0 Å². The van der Waals surface area contributed by atoms with E-state index in [1.54, 1.807) is 6.20 Å². The number of pyridine rings is 2. The number of aryl methyl sites for hydroxylation is 1. The van der Waals surface area contributed by atoms with Crippen LogP contribution in [0.2, 0.25) is 0 Å². The maximum Gasteiger partial charge on any atom is 0.170 e. The summed E-state index contributed by atoms with van der Waals surface area (Å²) in [5, 5.41) is 9.15. The molecule has 0 aliphatic heterocycles. The Morgan fingerprint density at radius 3 is 2.61 bits per heavy atom. The number of fused-ring (bicyclic) bond motifs is 1. The summed E-state index contributed by atoms with van der Waals surface area (Å²) in [5.74, 6) is 0.803. The van der Waals surface area contributed by atoms with Gasteiger partial charge in [0.25, 0.3) is 0 Å². The van der Waals surface area contributed by atoms with E-state index in [0.29, 0.717) is 11.6 Å². The van der Waals surface area contributed by atoms with Crippen LogP contribution in [0.25, 0.3) is 22.8 Å². The minimum absolute atomic E-state index is 0.178. The Kier molecular flexibility index (Phi) is 5.83. The molecule has 144 valence electrons. The third-order valence-corrected chi connectivity index (χ3v) is 4.54. The first-order valence-electron chi connectivity index (χ1n) is 9.59. The van der Waals surface area contributed by atoms with E-state index in [2.05, 4.69) is 52.1 Å². The summed E-state index contributed by atoms with van der Waals surface area (Å²) in [4.78, 5) is 13.3. The van der Waals surface area contributed by atoms with Crippen molar-refractivity contribution in [3.05, 3.63) is 60.2 Å². The fraction of sp³-hybridized carbons (Fsp3) is 0.304. The average Bonchev–Trinajstić information content (AvgIpc) is 3.03. The van der Waals surface area contributed by atoms with Gasteiger partial charge in [0, 0.05) is 23.0 Å². The van der Waals surface area contributed by atoms with E-state index in [1.807, 2.05) is 38.3 Å². The zero-order valence-electron chi connectivity index (χ0n) is 17.0. The van der Waals surface area contributed by atoms with Crippen LogP contribution in [-0.4, -0.2) is 26.1 Å². The van der Waals surface area contributed by atoms with E-state index in [0.717, 1.165) is 40.8 Å². The number of nitrogens with zero attached hydrogens (tertiary/aromatic N) is 4. The number of hydrogen-bond acceptors (Lipinski definition) is 3. The van der Waals surface area contributed by atoms with Crippen molar-refractivity contribution in [2.75, 3.05) is 0 Å². The van der Waals surface area contributed by atoms with Gasteiger partial charge < -0.3 is 0 Å². The SMILES string of the molecule is C=Cc1cnc2c(c1)cc(CCC(C)C)n2-c1ccc(C(=N)N=C(C)C)nc1. The van der Waals surface area contributed by atoms with Crippen LogP contribution >= 0.6 is 0 Å². The Morgan fingerprint density at radius 1 is 1.21 bits per heavy atom. The summed E-state index contributed by atoms with van der Waals surface area (Å²) in [5.41, 5.74) is 5.48. The number of amidine groups is 1. The fourth-order valence-electron chi connectivity index (χ4n) is 3.12. The lowest BCUT2D eigenvalue weighted by molar-refractivity contribution is 0.578. The molecule has 5 heteroatoms. The Morgan fingerprint density at radius 2 is 2.00 bits per heavy atom. The van der Waals surface area contributed by atoms with Crippen LogP contribution in [0.15, 0.2) is 48.2 Å². The van der Waals surface area contributed by atoms with Crippen molar-refractivity contribution in [3.8, 4) is 5.69 Å². The van der Waals surface area contributed by atoms with Crippen LogP contribution in [0.4, 0.5) is 0 Å². The van der Waals surface area contributed by atoms with Crippen LogP contribution in [0, 0.1) is 11.3 Å². The van der Waals surface area contributed by atoms with Gasteiger partial charge in [-0.1, -0.05) is 26.5 Å². The molecule has 3 aromatic rings. The molecule has 0 aromatic carbocycles. The lowest BCUT2D eigenvalue weighted by Gasteiger charge is -2.12. The molecule has 0 saturated carbocycles. The lowest BCUT2D eigenvalue weighted by atomic mass is 10.1. The quantitative estimate of drug-likeness (QED) is 0.460. The van der Waals surface area contributed by atoms with Crippen molar-refractivity contribution < 1.29 is 0 Å². The molecule has 1 N–H and O–H groups in total. The molecule has 0 aliphatic rings. The van der Waals surface area contributed by atoms with Gasteiger partial charge in [0.15, 0.2) is 5.84 Å². The third kappa shape index (κ3) is 4.25. The molecule has 0 aliphatic carbocycles. The van der Waals surface area contributed by atoms with Crippen molar-refractivity contribution in [2.45, 2.75) is 40.5 Å². The molecule has 0 saturated heterocycles. The Labute approximate surface area is 166 Å². The standard InChI is InChI=1S/C23H27N5/c1-6-17-11-18-12-19(8-7-15(2)3)28(23(18)26-13-17)20-9-10-21(25-14-20)22(24)27-16(4)5/h6,9-15,24H,1,7-8H2,2-5H3. The number of rotatable bonds is 6. The maximum absolute atomic E-state index is 8.06. The minimum atomic E-state index is 0.178. The highest BCUT2D eigenvalue weighted by molar-refractivity contribution is 6.03. The normalized spacial score (nSPS) is 11.0. The molecule has 0 atom stereocenters. The largest absolute Gasteiger partial charge is 0.297 e. The number of aromatic nitrogens is 3. The second-order valence-electron chi connectivity index (χ2n) is 7.60. The predicted molar refractivity (Wildman–Crippen MR) is 118 cm³/mol. The van der Waals surface area contributed by atoms with Crippen molar-refractivity contribution in [3.63, 3.8) is 0 Å². The molecule has 0 radical (unpaired) electrons. The highest BCUT2D eigenvalue weighted by Crippen LogP contribution is 2.25. The molecular weight excluding hydrogens is 346 g/mol. The van der Waals surface area contributed by atoms with Gasteiger partial charge in [-0.2, -0.15) is 0 Å². The Balaban J connectivity index is 2.07. The van der Waals surface area contributed by atoms with Crippen LogP contribution < -0.4 is 0 Å². The van der Waals surface area contributed by atoms with E-state index in [4.69, 9.17) is 5.41 Å². The summed E-state index contributed by atoms with van der Waals surface area (Å²) in [6.45, 7) is 12.1. The molecule has 3 aromatic heterocycles. The second kappa shape index (κ2) is 8.30. The maximum atomic E-state index is 8.06. The van der Waals surface area contributed by atoms with Gasteiger partial charge in [-0.3, -0.25) is 15.0 Å². The van der Waals surface area contributed by atoms with Crippen LogP contribution in [0.3, 0.4) is 0 Å². The van der Waals surface area contributed by atoms with Gasteiger partial charge in [-0.05, 0) is 62.4 Å². The summed E-state index contributed by atoms with van der Waals surface area (Å²) in [6.07, 6.45) is 7.52. The monoisotopic (exact) mass is 373 g/mol. The smallest absolute Gasteiger partial charge is 0.170 e. The fourth-order valence-corrected chi connectivity index (χ4v) is 3.12. The molecule has 3 rings (SSSR count). The first-order valence-corrected chi connectivity index (χ1v) is 9.59. The van der Waals surface area contributed by atoms with Gasteiger partial charge in [0.2, 0.25) is 0 Å². The van der Waals surface area contributed by atoms with E-state index < -0.39 is 0 Å². The summed E-state index contributed by atoms with van der Waals surface area (Å²) >= 11 is 0. The van der Waals surface area contributed by atoms with E-state index >= 15 is 0 Å². The molecule has 0 unspecified atom stereocenters. The first-order chi connectivity index (χ1) is 13.4. The van der Waals surface area contributed by atoms with Crippen LogP contribution in [0.1, 0.15) is 51.1 Å². The number of hydrogen-bond donors (Lipinski definition) is 1. The third-order valence-electron chi connectivity index (χ3n) is 4.54. The molecule has 0 fully saturated rings. The van der Waals surface area contributed by atoms with E-state index in [9.17, 15) is 0 Å². The zero-order valence-corrected chi connectivity index (χ0v) is 17.0. The predicted octanol–water partition coefficient (Wildman–Crippen LogP) is 5.46. The zero-order chi connectivity index (χ0) is 20.3. The lowest BCUT2D eigenvalue weighted by Crippen LogP contribution is -2.06. The Hall–Kier alpha value is -3.08. The topological polar surface area (TPSA) is 66.9 Å². The average molecular weight is 374 g/mol. The van der Waals surface area contributed by atoms with Gasteiger partial charge in [-0.25, -0.2) is 9.98 Å². The Bertz CT molecular complexity index is 1030. The van der Waals surface area contributed by atoms with Gasteiger partial charge in [0.1, 0.15) is 11.3 Å². The number of nitrogens with one attached hydrogen (secondary N) is 1. The molecule has 0 bridgehead atoms. The molecule has 28 heavy (non-hydrogen) atoms. The van der Waals surface area contributed by atoms with Gasteiger partial charge in [0.05, 0.1) is 11.9 Å². The highest BCUT2D eigenvalue weighted by Gasteiger charge is 2.14. The highest BCUT2D eigenvalue weighted by atomic mass is 15.1.